The zero-order chi connectivity index (χ0) is 27.5. The van der Waals surface area contributed by atoms with Gasteiger partial charge in [0.15, 0.2) is 11.6 Å². The van der Waals surface area contributed by atoms with E-state index in [4.69, 9.17) is 26.1 Å². The second-order valence-electron chi connectivity index (χ2n) is 8.24. The molecule has 4 aromatic carbocycles. The minimum absolute atomic E-state index is 0.234. The molecule has 7 nitrogen and oxygen atoms in total. The van der Waals surface area contributed by atoms with Gasteiger partial charge in [-0.3, -0.25) is 4.79 Å². The summed E-state index contributed by atoms with van der Waals surface area (Å²) in [6.07, 6.45) is 1.45. The number of halogens is 3. The van der Waals surface area contributed by atoms with Crippen molar-refractivity contribution in [1.82, 2.24) is 9.66 Å². The number of rotatable bonds is 6. The SMILES string of the molecule is COc1ccc(C(=O)Oc2c(Br)cc(Br)cc2C=Nn2c(-c3ccc(Cl)cc3)nc3ccccc3c2=O)cc1. The van der Waals surface area contributed by atoms with Gasteiger partial charge in [0.25, 0.3) is 5.56 Å². The summed E-state index contributed by atoms with van der Waals surface area (Å²) in [6, 6.07) is 24.1. The number of para-hydroxylation sites is 1. The van der Waals surface area contributed by atoms with E-state index in [1.165, 1.54) is 10.9 Å². The monoisotopic (exact) mass is 665 g/mol. The number of esters is 1. The molecule has 0 bridgehead atoms. The normalized spacial score (nSPS) is 11.2. The molecule has 0 radical (unpaired) electrons. The van der Waals surface area contributed by atoms with Gasteiger partial charge < -0.3 is 9.47 Å². The third-order valence-electron chi connectivity index (χ3n) is 5.73. The topological polar surface area (TPSA) is 82.8 Å². The van der Waals surface area contributed by atoms with E-state index < -0.39 is 5.97 Å². The highest BCUT2D eigenvalue weighted by Crippen LogP contribution is 2.33. The Kier molecular flexibility index (Phi) is 7.92. The highest BCUT2D eigenvalue weighted by molar-refractivity contribution is 9.11. The highest BCUT2D eigenvalue weighted by Gasteiger charge is 2.17. The molecule has 0 saturated heterocycles. The molecule has 0 aliphatic carbocycles. The lowest BCUT2D eigenvalue weighted by Crippen LogP contribution is -2.20. The standard InChI is InChI=1S/C29H18Br2ClN3O4/c1-38-22-12-8-18(9-13-22)29(37)39-26-19(14-20(30)15-24(26)31)16-33-35-27(17-6-10-21(32)11-7-17)34-25-5-3-2-4-23(25)28(35)36/h2-16H,1H3. The lowest BCUT2D eigenvalue weighted by molar-refractivity contribution is 0.0733. The molecule has 10 heteroatoms. The van der Waals surface area contributed by atoms with Crippen LogP contribution in [0.1, 0.15) is 15.9 Å². The molecule has 194 valence electrons. The first-order valence-corrected chi connectivity index (χ1v) is 13.5. The molecule has 0 spiro atoms. The van der Waals surface area contributed by atoms with E-state index in [0.29, 0.717) is 53.1 Å². The predicted molar refractivity (Wildman–Crippen MR) is 159 cm³/mol. The van der Waals surface area contributed by atoms with Gasteiger partial charge in [-0.1, -0.05) is 39.7 Å². The van der Waals surface area contributed by atoms with Crippen LogP contribution in [0.25, 0.3) is 22.3 Å². The predicted octanol–water partition coefficient (Wildman–Crippen LogP) is 7.35. The van der Waals surface area contributed by atoms with Crippen molar-refractivity contribution in [1.29, 1.82) is 0 Å². The van der Waals surface area contributed by atoms with Crippen LogP contribution in [0.2, 0.25) is 5.02 Å². The summed E-state index contributed by atoms with van der Waals surface area (Å²) in [5.74, 6) is 0.618. The smallest absolute Gasteiger partial charge is 0.343 e. The van der Waals surface area contributed by atoms with E-state index in [1.807, 2.05) is 6.07 Å². The minimum atomic E-state index is -0.568. The molecule has 0 aliphatic rings. The van der Waals surface area contributed by atoms with Crippen LogP contribution >= 0.6 is 43.5 Å². The number of carbonyl (C=O) groups is 1. The molecule has 5 rings (SSSR count). The molecule has 5 aromatic rings. The number of carbonyl (C=O) groups excluding carboxylic acids is 1. The maximum absolute atomic E-state index is 13.5. The van der Waals surface area contributed by atoms with Crippen molar-refractivity contribution in [3.63, 3.8) is 0 Å². The van der Waals surface area contributed by atoms with Crippen LogP contribution in [-0.4, -0.2) is 29.0 Å². The summed E-state index contributed by atoms with van der Waals surface area (Å²) in [6.45, 7) is 0. The first kappa shape index (κ1) is 26.8. The van der Waals surface area contributed by atoms with Gasteiger partial charge in [0.05, 0.1) is 34.3 Å². The van der Waals surface area contributed by atoms with Crippen LogP contribution < -0.4 is 15.0 Å². The van der Waals surface area contributed by atoms with Crippen LogP contribution in [0.15, 0.2) is 104 Å². The Morgan fingerprint density at radius 3 is 2.44 bits per heavy atom. The number of methoxy groups -OCH3 is 1. The second kappa shape index (κ2) is 11.5. The van der Waals surface area contributed by atoms with E-state index in [1.54, 1.807) is 86.0 Å². The van der Waals surface area contributed by atoms with Crippen LogP contribution in [0.5, 0.6) is 11.5 Å². The molecule has 0 fully saturated rings. The summed E-state index contributed by atoms with van der Waals surface area (Å²) < 4.78 is 13.3. The van der Waals surface area contributed by atoms with Crippen molar-refractivity contribution in [3.05, 3.63) is 120 Å². The Morgan fingerprint density at radius 2 is 1.72 bits per heavy atom. The van der Waals surface area contributed by atoms with Crippen molar-refractivity contribution in [3.8, 4) is 22.9 Å². The van der Waals surface area contributed by atoms with Crippen LogP contribution in [0.3, 0.4) is 0 Å². The zero-order valence-corrected chi connectivity index (χ0v) is 24.2. The Morgan fingerprint density at radius 1 is 1.00 bits per heavy atom. The average Bonchev–Trinajstić information content (AvgIpc) is 2.94. The third-order valence-corrected chi connectivity index (χ3v) is 7.02. The summed E-state index contributed by atoms with van der Waals surface area (Å²) in [5, 5.41) is 5.47. The molecule has 0 amide bonds. The van der Waals surface area contributed by atoms with Crippen LogP contribution in [0.4, 0.5) is 0 Å². The largest absolute Gasteiger partial charge is 0.497 e. The number of hydrogen-bond acceptors (Lipinski definition) is 6. The van der Waals surface area contributed by atoms with E-state index in [-0.39, 0.29) is 11.3 Å². The van der Waals surface area contributed by atoms with Gasteiger partial charge in [-0.2, -0.15) is 9.78 Å². The van der Waals surface area contributed by atoms with Crippen LogP contribution in [-0.2, 0) is 0 Å². The number of benzene rings is 4. The van der Waals surface area contributed by atoms with Gasteiger partial charge in [0.1, 0.15) is 5.75 Å². The Bertz CT molecular complexity index is 1790. The van der Waals surface area contributed by atoms with Crippen molar-refractivity contribution < 1.29 is 14.3 Å². The van der Waals surface area contributed by atoms with Crippen molar-refractivity contribution >= 4 is 66.5 Å². The summed E-state index contributed by atoms with van der Waals surface area (Å²) >= 11 is 13.0. The fourth-order valence-corrected chi connectivity index (χ4v) is 5.26. The fraction of sp³-hybridized carbons (Fsp3) is 0.0345. The number of nitrogens with zero attached hydrogens (tertiary/aromatic N) is 3. The van der Waals surface area contributed by atoms with E-state index >= 15 is 0 Å². The fourth-order valence-electron chi connectivity index (χ4n) is 3.80. The Labute approximate surface area is 244 Å². The molecule has 0 aliphatic heterocycles. The summed E-state index contributed by atoms with van der Waals surface area (Å²) in [5.41, 5.74) is 1.63. The van der Waals surface area contributed by atoms with Gasteiger partial charge in [-0.25, -0.2) is 9.78 Å². The first-order chi connectivity index (χ1) is 18.8. The Balaban J connectivity index is 1.60. The van der Waals surface area contributed by atoms with Gasteiger partial charge in [-0.05, 0) is 88.7 Å². The van der Waals surface area contributed by atoms with Crippen molar-refractivity contribution in [2.75, 3.05) is 7.11 Å². The lowest BCUT2D eigenvalue weighted by atomic mass is 10.2. The molecular weight excluding hydrogens is 650 g/mol. The quantitative estimate of drug-likeness (QED) is 0.107. The maximum atomic E-state index is 13.5. The Hall–Kier alpha value is -3.79. The number of fused-ring (bicyclic) bond motifs is 1. The molecule has 0 atom stereocenters. The third kappa shape index (κ3) is 5.80. The number of ether oxygens (including phenoxy) is 2. The van der Waals surface area contributed by atoms with Gasteiger partial charge in [-0.15, -0.1) is 0 Å². The van der Waals surface area contributed by atoms with E-state index in [9.17, 15) is 9.59 Å². The average molecular weight is 668 g/mol. The first-order valence-electron chi connectivity index (χ1n) is 11.5. The zero-order valence-electron chi connectivity index (χ0n) is 20.3. The molecule has 1 heterocycles. The van der Waals surface area contributed by atoms with E-state index in [2.05, 4.69) is 37.0 Å². The van der Waals surface area contributed by atoms with Gasteiger partial charge in [0.2, 0.25) is 0 Å². The summed E-state index contributed by atoms with van der Waals surface area (Å²) in [4.78, 5) is 31.1. The molecular formula is C29H18Br2ClN3O4. The highest BCUT2D eigenvalue weighted by atomic mass is 79.9. The molecule has 39 heavy (non-hydrogen) atoms. The van der Waals surface area contributed by atoms with E-state index in [0.717, 1.165) is 0 Å². The van der Waals surface area contributed by atoms with Crippen LogP contribution in [0, 0.1) is 0 Å². The maximum Gasteiger partial charge on any atom is 0.343 e. The molecule has 1 aromatic heterocycles. The minimum Gasteiger partial charge on any atom is -0.497 e. The lowest BCUT2D eigenvalue weighted by Gasteiger charge is -2.12. The summed E-state index contributed by atoms with van der Waals surface area (Å²) in [7, 11) is 1.55. The van der Waals surface area contributed by atoms with Gasteiger partial charge in [0, 0.05) is 20.6 Å². The molecule has 0 unspecified atom stereocenters. The van der Waals surface area contributed by atoms with Crippen molar-refractivity contribution in [2.24, 2.45) is 5.10 Å². The number of hydrogen-bond donors (Lipinski definition) is 0. The second-order valence-corrected chi connectivity index (χ2v) is 10.5. The van der Waals surface area contributed by atoms with Crippen molar-refractivity contribution in [2.45, 2.75) is 0 Å². The molecule has 0 N–H and O–H groups in total. The number of aromatic nitrogens is 2. The molecule has 0 saturated carbocycles. The van der Waals surface area contributed by atoms with Gasteiger partial charge >= 0.3 is 5.97 Å².